The predicted molar refractivity (Wildman–Crippen MR) is 132 cm³/mol. The van der Waals surface area contributed by atoms with Crippen LogP contribution in [-0.2, 0) is 0 Å². The Kier molecular flexibility index (Phi) is 6.51. The number of benzene rings is 3. The third-order valence-corrected chi connectivity index (χ3v) is 5.40. The number of hydrogen-bond donors (Lipinski definition) is 2. The molecule has 0 aliphatic heterocycles. The smallest absolute Gasteiger partial charge is 0.267 e. The molecule has 0 saturated carbocycles. The number of hydrazine groups is 1. The second kappa shape index (κ2) is 9.85. The van der Waals surface area contributed by atoms with E-state index in [4.69, 9.17) is 0 Å². The molecule has 0 aliphatic carbocycles. The van der Waals surface area contributed by atoms with E-state index in [0.717, 1.165) is 22.0 Å². The average Bonchev–Trinajstić information content (AvgIpc) is 2.86. The predicted octanol–water partition coefficient (Wildman–Crippen LogP) is 4.23. The monoisotopic (exact) mass is 464 g/mol. The van der Waals surface area contributed by atoms with Crippen molar-refractivity contribution in [2.75, 3.05) is 0 Å². The molecule has 8 heteroatoms. The quantitative estimate of drug-likeness (QED) is 0.267. The summed E-state index contributed by atoms with van der Waals surface area (Å²) in [5, 5.41) is 12.2. The Morgan fingerprint density at radius 1 is 0.886 bits per heavy atom. The first kappa shape index (κ1) is 23.1. The lowest BCUT2D eigenvalue weighted by atomic mass is 10.0. The van der Waals surface area contributed by atoms with Gasteiger partial charge >= 0.3 is 0 Å². The minimum Gasteiger partial charge on any atom is -0.267 e. The highest BCUT2D eigenvalue weighted by Crippen LogP contribution is 2.21. The Balaban J connectivity index is 1.51. The summed E-state index contributed by atoms with van der Waals surface area (Å²) in [5.41, 5.74) is 7.95. The number of pyridine rings is 1. The molecule has 4 aromatic rings. The number of rotatable bonds is 3. The van der Waals surface area contributed by atoms with E-state index in [1.54, 1.807) is 37.4 Å². The normalized spacial score (nSPS) is 10.2. The van der Waals surface area contributed by atoms with E-state index >= 15 is 0 Å². The Bertz CT molecular complexity index is 1550. The van der Waals surface area contributed by atoms with E-state index in [9.17, 15) is 19.7 Å². The molecule has 2 N–H and O–H groups in total. The fourth-order valence-electron chi connectivity index (χ4n) is 3.52. The molecule has 8 nitrogen and oxygen atoms in total. The summed E-state index contributed by atoms with van der Waals surface area (Å²) in [6, 6.07) is 19.0. The van der Waals surface area contributed by atoms with E-state index < -0.39 is 16.7 Å². The molecule has 3 aromatic carbocycles. The van der Waals surface area contributed by atoms with E-state index in [0.29, 0.717) is 11.1 Å². The summed E-state index contributed by atoms with van der Waals surface area (Å²) in [6.07, 6.45) is 1.70. The Hall–Kier alpha value is -5.03. The lowest BCUT2D eigenvalue weighted by Gasteiger charge is -2.10. The zero-order valence-corrected chi connectivity index (χ0v) is 19.0. The fourth-order valence-corrected chi connectivity index (χ4v) is 3.52. The van der Waals surface area contributed by atoms with Crippen LogP contribution in [0.25, 0.3) is 10.9 Å². The molecule has 0 bridgehead atoms. The van der Waals surface area contributed by atoms with Gasteiger partial charge in [0.1, 0.15) is 5.56 Å². The van der Waals surface area contributed by atoms with Crippen molar-refractivity contribution in [1.29, 1.82) is 0 Å². The third kappa shape index (κ3) is 5.15. The topological polar surface area (TPSA) is 114 Å². The largest absolute Gasteiger partial charge is 0.282 e. The number of fused-ring (bicyclic) bond motifs is 1. The number of carbonyl (C=O) groups is 2. The Labute approximate surface area is 201 Å². The molecule has 2 amide bonds. The van der Waals surface area contributed by atoms with E-state index in [1.807, 2.05) is 37.3 Å². The molecule has 0 unspecified atom stereocenters. The molecule has 0 fully saturated rings. The lowest BCUT2D eigenvalue weighted by Crippen LogP contribution is -2.42. The highest BCUT2D eigenvalue weighted by molar-refractivity contribution is 6.02. The molecule has 0 atom stereocenters. The van der Waals surface area contributed by atoms with Crippen molar-refractivity contribution in [2.24, 2.45) is 0 Å². The number of para-hydroxylation sites is 1. The SMILES string of the molecule is Cc1ccc(C(=O)NNC(=O)c2c(C)cccc2[N+](=O)[O-])cc1C#Cc1cnc2ccccc2c1. The minimum absolute atomic E-state index is 0.114. The summed E-state index contributed by atoms with van der Waals surface area (Å²) < 4.78 is 0. The molecule has 172 valence electrons. The molecule has 35 heavy (non-hydrogen) atoms. The summed E-state index contributed by atoms with van der Waals surface area (Å²) in [6.45, 7) is 3.46. The fraction of sp³-hybridized carbons (Fsp3) is 0.0741. The van der Waals surface area contributed by atoms with E-state index in [1.165, 1.54) is 12.1 Å². The van der Waals surface area contributed by atoms with Gasteiger partial charge in [-0.3, -0.25) is 35.5 Å². The molecule has 4 rings (SSSR count). The van der Waals surface area contributed by atoms with Crippen molar-refractivity contribution >= 4 is 28.4 Å². The summed E-state index contributed by atoms with van der Waals surface area (Å²) in [4.78, 5) is 40.2. The number of hydrogen-bond acceptors (Lipinski definition) is 5. The molecule has 0 spiro atoms. The van der Waals surface area contributed by atoms with Crippen LogP contribution >= 0.6 is 0 Å². The molecule has 1 aromatic heterocycles. The number of nitrogens with one attached hydrogen (secondary N) is 2. The summed E-state index contributed by atoms with van der Waals surface area (Å²) in [7, 11) is 0. The zero-order valence-electron chi connectivity index (χ0n) is 19.0. The second-order valence-electron chi connectivity index (χ2n) is 7.83. The number of aryl methyl sites for hydroxylation is 2. The van der Waals surface area contributed by atoms with Gasteiger partial charge in [0.2, 0.25) is 0 Å². The highest BCUT2D eigenvalue weighted by atomic mass is 16.6. The molecular weight excluding hydrogens is 444 g/mol. The molecule has 0 aliphatic rings. The van der Waals surface area contributed by atoms with Crippen LogP contribution in [0.4, 0.5) is 5.69 Å². The zero-order chi connectivity index (χ0) is 24.9. The van der Waals surface area contributed by atoms with E-state index in [2.05, 4.69) is 27.7 Å². The van der Waals surface area contributed by atoms with Crippen LogP contribution < -0.4 is 10.9 Å². The highest BCUT2D eigenvalue weighted by Gasteiger charge is 2.22. The van der Waals surface area contributed by atoms with Crippen molar-refractivity contribution in [3.63, 3.8) is 0 Å². The molecule has 1 heterocycles. The standard InChI is InChI=1S/C27H20N4O4/c1-17-10-12-22(15-20(17)13-11-19-14-21-7-3-4-8-23(21)28-16-19)26(32)29-30-27(33)25-18(2)6-5-9-24(25)31(34)35/h3-10,12,14-16H,1-2H3,(H,29,32)(H,30,33). The van der Waals surface area contributed by atoms with Gasteiger partial charge in [0.25, 0.3) is 17.5 Å². The van der Waals surface area contributed by atoms with Gasteiger partial charge in [-0.2, -0.15) is 0 Å². The van der Waals surface area contributed by atoms with Gasteiger partial charge in [-0.05, 0) is 49.2 Å². The van der Waals surface area contributed by atoms with Crippen LogP contribution in [-0.4, -0.2) is 21.7 Å². The van der Waals surface area contributed by atoms with Crippen LogP contribution in [0.15, 0.2) is 72.9 Å². The maximum absolute atomic E-state index is 12.7. The first-order valence-corrected chi connectivity index (χ1v) is 10.7. The van der Waals surface area contributed by atoms with Crippen LogP contribution in [0.2, 0.25) is 0 Å². The van der Waals surface area contributed by atoms with Crippen molar-refractivity contribution in [1.82, 2.24) is 15.8 Å². The van der Waals surface area contributed by atoms with Crippen LogP contribution in [0.3, 0.4) is 0 Å². The van der Waals surface area contributed by atoms with Gasteiger partial charge in [0.05, 0.1) is 10.4 Å². The van der Waals surface area contributed by atoms with Crippen molar-refractivity contribution in [3.8, 4) is 11.8 Å². The summed E-state index contributed by atoms with van der Waals surface area (Å²) >= 11 is 0. The number of carbonyl (C=O) groups excluding carboxylic acids is 2. The van der Waals surface area contributed by atoms with Crippen molar-refractivity contribution < 1.29 is 14.5 Å². The number of amides is 2. The maximum Gasteiger partial charge on any atom is 0.282 e. The number of nitrogens with zero attached hydrogens (tertiary/aromatic N) is 2. The Morgan fingerprint density at radius 3 is 2.46 bits per heavy atom. The second-order valence-corrected chi connectivity index (χ2v) is 7.83. The number of aromatic nitrogens is 1. The van der Waals surface area contributed by atoms with Gasteiger partial charge in [0.15, 0.2) is 0 Å². The van der Waals surface area contributed by atoms with Gasteiger partial charge < -0.3 is 0 Å². The minimum atomic E-state index is -0.779. The molecule has 0 saturated heterocycles. The molecule has 0 radical (unpaired) electrons. The van der Waals surface area contributed by atoms with Crippen molar-refractivity contribution in [3.05, 3.63) is 116 Å². The van der Waals surface area contributed by atoms with Crippen LogP contribution in [0, 0.1) is 35.8 Å². The third-order valence-electron chi connectivity index (χ3n) is 5.40. The molecular formula is C27H20N4O4. The van der Waals surface area contributed by atoms with E-state index in [-0.39, 0.29) is 16.8 Å². The Morgan fingerprint density at radius 2 is 1.66 bits per heavy atom. The van der Waals surface area contributed by atoms with Gasteiger partial charge in [0, 0.05) is 34.3 Å². The van der Waals surface area contributed by atoms with Crippen molar-refractivity contribution in [2.45, 2.75) is 13.8 Å². The first-order valence-electron chi connectivity index (χ1n) is 10.7. The first-order chi connectivity index (χ1) is 16.8. The lowest BCUT2D eigenvalue weighted by molar-refractivity contribution is -0.385. The van der Waals surface area contributed by atoms with Crippen LogP contribution in [0.1, 0.15) is 43.0 Å². The van der Waals surface area contributed by atoms with Gasteiger partial charge in [-0.1, -0.05) is 48.2 Å². The summed E-state index contributed by atoms with van der Waals surface area (Å²) in [5.74, 6) is 4.79. The number of nitro benzene ring substituents is 1. The average molecular weight is 464 g/mol. The van der Waals surface area contributed by atoms with Gasteiger partial charge in [-0.15, -0.1) is 0 Å². The maximum atomic E-state index is 12.7. The van der Waals surface area contributed by atoms with Crippen LogP contribution in [0.5, 0.6) is 0 Å². The van der Waals surface area contributed by atoms with Gasteiger partial charge in [-0.25, -0.2) is 0 Å². The number of nitro groups is 1.